The van der Waals surface area contributed by atoms with Gasteiger partial charge in [-0.2, -0.15) is 0 Å². The molecule has 1 amide bonds. The van der Waals surface area contributed by atoms with Gasteiger partial charge in [0.15, 0.2) is 0 Å². The largest absolute Gasteiger partial charge is 0.341 e. The Bertz CT molecular complexity index is 637. The van der Waals surface area contributed by atoms with Crippen molar-refractivity contribution in [3.63, 3.8) is 0 Å². The minimum atomic E-state index is -3.53. The normalized spacial score (nSPS) is 17.1. The van der Waals surface area contributed by atoms with E-state index < -0.39 is 16.1 Å². The Balaban J connectivity index is 2.31. The minimum absolute atomic E-state index is 0.119. The average molecular weight is 324 g/mol. The summed E-state index contributed by atoms with van der Waals surface area (Å²) in [6.45, 7) is 5.00. The summed E-state index contributed by atoms with van der Waals surface area (Å²) in [5, 5.41) is 0. The van der Waals surface area contributed by atoms with Crippen molar-refractivity contribution in [2.45, 2.75) is 39.2 Å². The lowest BCUT2D eigenvalue weighted by Crippen LogP contribution is -2.50. The van der Waals surface area contributed by atoms with Crippen molar-refractivity contribution in [3.8, 4) is 0 Å². The molecule has 0 radical (unpaired) electrons. The number of likely N-dealkylation sites (tertiary alicyclic amines) is 1. The SMILES string of the molecule is Cc1cccc(N(C(C)C(=O)N2CCCCC2)S(C)(=O)=O)c1. The predicted molar refractivity (Wildman–Crippen MR) is 88.4 cm³/mol. The first kappa shape index (κ1) is 16.8. The Morgan fingerprint density at radius 2 is 1.86 bits per heavy atom. The van der Waals surface area contributed by atoms with Crippen LogP contribution < -0.4 is 4.31 Å². The second-order valence-corrected chi connectivity index (χ2v) is 7.82. The summed E-state index contributed by atoms with van der Waals surface area (Å²) in [5.41, 5.74) is 1.50. The van der Waals surface area contributed by atoms with Gasteiger partial charge in [-0.15, -0.1) is 0 Å². The first-order chi connectivity index (χ1) is 10.3. The Hall–Kier alpha value is -1.56. The van der Waals surface area contributed by atoms with E-state index >= 15 is 0 Å². The third kappa shape index (κ3) is 3.80. The first-order valence-corrected chi connectivity index (χ1v) is 9.50. The molecular weight excluding hydrogens is 300 g/mol. The Kier molecular flexibility index (Phi) is 5.11. The second kappa shape index (κ2) is 6.69. The summed E-state index contributed by atoms with van der Waals surface area (Å²) in [6.07, 6.45) is 4.25. The number of aryl methyl sites for hydroxylation is 1. The highest BCUT2D eigenvalue weighted by Crippen LogP contribution is 2.23. The number of piperidine rings is 1. The topological polar surface area (TPSA) is 57.7 Å². The zero-order valence-electron chi connectivity index (χ0n) is 13.4. The fraction of sp³-hybridized carbons (Fsp3) is 0.562. The van der Waals surface area contributed by atoms with Gasteiger partial charge in [0, 0.05) is 13.1 Å². The smallest absolute Gasteiger partial charge is 0.246 e. The third-order valence-electron chi connectivity index (χ3n) is 3.99. The van der Waals surface area contributed by atoms with E-state index in [1.54, 1.807) is 30.0 Å². The molecular formula is C16H24N2O3S. The molecule has 22 heavy (non-hydrogen) atoms. The van der Waals surface area contributed by atoms with Gasteiger partial charge in [0.1, 0.15) is 6.04 Å². The van der Waals surface area contributed by atoms with Crippen LogP contribution in [0.25, 0.3) is 0 Å². The number of rotatable bonds is 4. The minimum Gasteiger partial charge on any atom is -0.341 e. The molecule has 0 aliphatic carbocycles. The lowest BCUT2D eigenvalue weighted by molar-refractivity contribution is -0.132. The number of benzene rings is 1. The van der Waals surface area contributed by atoms with Crippen LogP contribution in [0.4, 0.5) is 5.69 Å². The number of hydrogen-bond donors (Lipinski definition) is 0. The molecule has 6 heteroatoms. The van der Waals surface area contributed by atoms with Crippen LogP contribution in [0, 0.1) is 6.92 Å². The van der Waals surface area contributed by atoms with Crippen molar-refractivity contribution in [3.05, 3.63) is 29.8 Å². The average Bonchev–Trinajstić information content (AvgIpc) is 2.46. The van der Waals surface area contributed by atoms with Gasteiger partial charge in [0.05, 0.1) is 11.9 Å². The summed E-state index contributed by atoms with van der Waals surface area (Å²) in [4.78, 5) is 14.4. The van der Waals surface area contributed by atoms with Crippen LogP contribution in [0.1, 0.15) is 31.7 Å². The summed E-state index contributed by atoms with van der Waals surface area (Å²) in [7, 11) is -3.53. The van der Waals surface area contributed by atoms with Crippen LogP contribution in [0.3, 0.4) is 0 Å². The van der Waals surface area contributed by atoms with Gasteiger partial charge in [-0.3, -0.25) is 9.10 Å². The van der Waals surface area contributed by atoms with E-state index in [1.807, 2.05) is 13.0 Å². The number of sulfonamides is 1. The maximum atomic E-state index is 12.7. The third-order valence-corrected chi connectivity index (χ3v) is 5.23. The number of anilines is 1. The molecule has 1 atom stereocenters. The molecule has 5 nitrogen and oxygen atoms in total. The molecule has 122 valence electrons. The molecule has 0 N–H and O–H groups in total. The van der Waals surface area contributed by atoms with Gasteiger partial charge in [-0.25, -0.2) is 8.42 Å². The molecule has 1 aromatic rings. The molecule has 1 aromatic carbocycles. The maximum Gasteiger partial charge on any atom is 0.246 e. The zero-order valence-corrected chi connectivity index (χ0v) is 14.3. The van der Waals surface area contributed by atoms with Crippen LogP contribution >= 0.6 is 0 Å². The highest BCUT2D eigenvalue weighted by Gasteiger charge is 2.32. The van der Waals surface area contributed by atoms with Crippen molar-refractivity contribution >= 4 is 21.6 Å². The van der Waals surface area contributed by atoms with E-state index in [2.05, 4.69) is 0 Å². The molecule has 1 unspecified atom stereocenters. The van der Waals surface area contributed by atoms with Crippen LogP contribution in [-0.2, 0) is 14.8 Å². The number of carbonyl (C=O) groups is 1. The Labute approximate surface area is 133 Å². The monoisotopic (exact) mass is 324 g/mol. The number of hydrogen-bond acceptors (Lipinski definition) is 3. The lowest BCUT2D eigenvalue weighted by Gasteiger charge is -2.34. The standard InChI is InChI=1S/C16H24N2O3S/c1-13-8-7-9-15(12-13)18(22(3,20)21)14(2)16(19)17-10-5-4-6-11-17/h7-9,12,14H,4-6,10-11H2,1-3H3. The number of carbonyl (C=O) groups excluding carboxylic acids is 1. The quantitative estimate of drug-likeness (QED) is 0.853. The van der Waals surface area contributed by atoms with Crippen LogP contribution in [0.5, 0.6) is 0 Å². The summed E-state index contributed by atoms with van der Waals surface area (Å²) < 4.78 is 25.7. The highest BCUT2D eigenvalue weighted by atomic mass is 32.2. The molecule has 0 aromatic heterocycles. The van der Waals surface area contributed by atoms with Gasteiger partial charge in [-0.1, -0.05) is 12.1 Å². The van der Waals surface area contributed by atoms with Crippen molar-refractivity contribution in [1.82, 2.24) is 4.90 Å². The predicted octanol–water partition coefficient (Wildman–Crippen LogP) is 2.16. The van der Waals surface area contributed by atoms with Gasteiger partial charge >= 0.3 is 0 Å². The molecule has 0 saturated carbocycles. The van der Waals surface area contributed by atoms with Gasteiger partial charge in [0.25, 0.3) is 0 Å². The van der Waals surface area contributed by atoms with E-state index in [0.29, 0.717) is 18.8 Å². The lowest BCUT2D eigenvalue weighted by atomic mass is 10.1. The number of amides is 1. The zero-order chi connectivity index (χ0) is 16.3. The van der Waals surface area contributed by atoms with E-state index in [4.69, 9.17) is 0 Å². The van der Waals surface area contributed by atoms with Gasteiger partial charge in [0.2, 0.25) is 15.9 Å². The Morgan fingerprint density at radius 3 is 2.41 bits per heavy atom. The molecule has 1 heterocycles. The van der Waals surface area contributed by atoms with Crippen molar-refractivity contribution in [2.24, 2.45) is 0 Å². The van der Waals surface area contributed by atoms with E-state index in [0.717, 1.165) is 31.1 Å². The second-order valence-electron chi connectivity index (χ2n) is 5.96. The summed E-state index contributed by atoms with van der Waals surface area (Å²) in [5.74, 6) is -0.119. The van der Waals surface area contributed by atoms with Crippen LogP contribution in [-0.4, -0.2) is 44.6 Å². The van der Waals surface area contributed by atoms with Crippen molar-refractivity contribution in [2.75, 3.05) is 23.7 Å². The van der Waals surface area contributed by atoms with E-state index in [9.17, 15) is 13.2 Å². The highest BCUT2D eigenvalue weighted by molar-refractivity contribution is 7.92. The molecule has 1 aliphatic heterocycles. The van der Waals surface area contributed by atoms with E-state index in [1.165, 1.54) is 4.31 Å². The molecule has 1 aliphatic rings. The van der Waals surface area contributed by atoms with Crippen molar-refractivity contribution < 1.29 is 13.2 Å². The summed E-state index contributed by atoms with van der Waals surface area (Å²) in [6, 6.07) is 6.51. The maximum absolute atomic E-state index is 12.7. The first-order valence-electron chi connectivity index (χ1n) is 7.65. The van der Waals surface area contributed by atoms with Crippen molar-refractivity contribution in [1.29, 1.82) is 0 Å². The Morgan fingerprint density at radius 1 is 1.23 bits per heavy atom. The summed E-state index contributed by atoms with van der Waals surface area (Å²) >= 11 is 0. The van der Waals surface area contributed by atoms with Crippen LogP contribution in [0.2, 0.25) is 0 Å². The fourth-order valence-corrected chi connectivity index (χ4v) is 4.11. The molecule has 1 fully saturated rings. The van der Waals surface area contributed by atoms with Gasteiger partial charge in [-0.05, 0) is 50.8 Å². The molecule has 0 bridgehead atoms. The van der Waals surface area contributed by atoms with Gasteiger partial charge < -0.3 is 4.90 Å². The molecule has 2 rings (SSSR count). The van der Waals surface area contributed by atoms with E-state index in [-0.39, 0.29) is 5.91 Å². The number of nitrogens with zero attached hydrogens (tertiary/aromatic N) is 2. The molecule has 0 spiro atoms. The fourth-order valence-electron chi connectivity index (χ4n) is 2.95. The van der Waals surface area contributed by atoms with Crippen LogP contribution in [0.15, 0.2) is 24.3 Å². The molecule has 1 saturated heterocycles.